The third-order valence-corrected chi connectivity index (χ3v) is 5.31. The van der Waals surface area contributed by atoms with E-state index >= 15 is 0 Å². The molecule has 1 atom stereocenters. The van der Waals surface area contributed by atoms with Gasteiger partial charge in [0.25, 0.3) is 0 Å². The van der Waals surface area contributed by atoms with Crippen molar-refractivity contribution in [3.05, 3.63) is 102 Å². The number of thiol groups is 1. The number of hydrogen-bond donors (Lipinski definition) is 1. The molecule has 0 saturated heterocycles. The average Bonchev–Trinajstić information content (AvgIpc) is 3.22. The van der Waals surface area contributed by atoms with Gasteiger partial charge in [-0.2, -0.15) is 17.9 Å². The molecule has 2 aromatic heterocycles. The van der Waals surface area contributed by atoms with E-state index in [0.717, 1.165) is 35.7 Å². The normalized spacial score (nSPS) is 11.7. The fourth-order valence-corrected chi connectivity index (χ4v) is 3.59. The Balaban J connectivity index is 1.70. The molecule has 6 heteroatoms. The van der Waals surface area contributed by atoms with Crippen molar-refractivity contribution < 1.29 is 0 Å². The first-order chi connectivity index (χ1) is 14.3. The van der Waals surface area contributed by atoms with E-state index in [-0.39, 0.29) is 5.25 Å². The van der Waals surface area contributed by atoms with Gasteiger partial charge in [-0.1, -0.05) is 42.5 Å². The van der Waals surface area contributed by atoms with Crippen LogP contribution >= 0.6 is 12.6 Å². The van der Waals surface area contributed by atoms with Crippen LogP contribution in [0.25, 0.3) is 11.4 Å². The first kappa shape index (κ1) is 18.9. The van der Waals surface area contributed by atoms with Crippen LogP contribution in [-0.4, -0.2) is 19.7 Å². The monoisotopic (exact) mass is 397 g/mol. The predicted molar refractivity (Wildman–Crippen MR) is 115 cm³/mol. The first-order valence-corrected chi connectivity index (χ1v) is 9.83. The fraction of sp³-hybridized carbons (Fsp3) is 0.130. The van der Waals surface area contributed by atoms with Gasteiger partial charge in [0.2, 0.25) is 0 Å². The Bertz CT molecular complexity index is 1120. The topological polar surface area (TPSA) is 67.4 Å². The maximum Gasteiger partial charge on any atom is 0.164 e. The van der Waals surface area contributed by atoms with E-state index in [0.29, 0.717) is 5.56 Å². The highest BCUT2D eigenvalue weighted by atomic mass is 32.1. The van der Waals surface area contributed by atoms with Crippen LogP contribution in [-0.2, 0) is 13.0 Å². The van der Waals surface area contributed by atoms with Crippen LogP contribution in [0, 0.1) is 11.3 Å². The molecule has 4 aromatic rings. The van der Waals surface area contributed by atoms with Crippen molar-refractivity contribution in [2.24, 2.45) is 0 Å². The zero-order chi connectivity index (χ0) is 20.1. The van der Waals surface area contributed by atoms with Crippen LogP contribution in [0.5, 0.6) is 0 Å². The van der Waals surface area contributed by atoms with Crippen molar-refractivity contribution in [3.63, 3.8) is 0 Å². The molecule has 0 aliphatic carbocycles. The van der Waals surface area contributed by atoms with Gasteiger partial charge in [0.15, 0.2) is 11.6 Å². The van der Waals surface area contributed by atoms with E-state index in [1.54, 1.807) is 24.5 Å². The smallest absolute Gasteiger partial charge is 0.164 e. The number of hydrogen-bond acceptors (Lipinski definition) is 5. The summed E-state index contributed by atoms with van der Waals surface area (Å²) in [5.74, 6) is 1.58. The summed E-state index contributed by atoms with van der Waals surface area (Å²) < 4.78 is 2.12. The molecule has 5 nitrogen and oxygen atoms in total. The molecule has 0 aliphatic heterocycles. The molecule has 0 radical (unpaired) electrons. The highest BCUT2D eigenvalue weighted by molar-refractivity contribution is 7.80. The Kier molecular flexibility index (Phi) is 5.68. The summed E-state index contributed by atoms with van der Waals surface area (Å²) in [5.41, 5.74) is 3.81. The molecule has 0 N–H and O–H groups in total. The second kappa shape index (κ2) is 8.72. The van der Waals surface area contributed by atoms with Gasteiger partial charge in [-0.3, -0.25) is 4.98 Å². The highest BCUT2D eigenvalue weighted by Crippen LogP contribution is 2.30. The van der Waals surface area contributed by atoms with Crippen LogP contribution in [0.4, 0.5) is 0 Å². The van der Waals surface area contributed by atoms with E-state index in [1.165, 1.54) is 5.56 Å². The maximum absolute atomic E-state index is 9.04. The molecule has 0 spiro atoms. The number of rotatable bonds is 6. The summed E-state index contributed by atoms with van der Waals surface area (Å²) in [6.07, 6.45) is 4.37. The van der Waals surface area contributed by atoms with Gasteiger partial charge in [-0.25, -0.2) is 0 Å². The summed E-state index contributed by atoms with van der Waals surface area (Å²) in [6, 6.07) is 23.8. The van der Waals surface area contributed by atoms with Crippen LogP contribution < -0.4 is 0 Å². The van der Waals surface area contributed by atoms with E-state index in [9.17, 15) is 0 Å². The van der Waals surface area contributed by atoms with Crippen LogP contribution in [0.1, 0.15) is 27.8 Å². The second-order valence-corrected chi connectivity index (χ2v) is 7.16. The molecule has 1 unspecified atom stereocenters. The lowest BCUT2D eigenvalue weighted by atomic mass is 10.1. The lowest BCUT2D eigenvalue weighted by molar-refractivity contribution is 0.664. The zero-order valence-corrected chi connectivity index (χ0v) is 16.6. The number of nitriles is 1. The molecule has 2 heterocycles. The number of aromatic nitrogens is 4. The Labute approximate surface area is 175 Å². The Morgan fingerprint density at radius 2 is 1.66 bits per heavy atom. The van der Waals surface area contributed by atoms with Gasteiger partial charge in [0.05, 0.1) is 16.9 Å². The van der Waals surface area contributed by atoms with Gasteiger partial charge in [0.1, 0.15) is 0 Å². The number of benzene rings is 2. The number of nitrogens with zero attached hydrogens (tertiary/aromatic N) is 5. The molecule has 4 rings (SSSR count). The summed E-state index contributed by atoms with van der Waals surface area (Å²) in [4.78, 5) is 4.10. The van der Waals surface area contributed by atoms with Crippen LogP contribution in [0.3, 0.4) is 0 Å². The van der Waals surface area contributed by atoms with Crippen molar-refractivity contribution in [2.45, 2.75) is 18.2 Å². The number of aryl methyl sites for hydroxylation is 1. The molecule has 142 valence electrons. The largest absolute Gasteiger partial charge is 0.309 e. The molecular formula is C23H19N5S. The minimum absolute atomic E-state index is 0.249. The molecule has 0 fully saturated rings. The van der Waals surface area contributed by atoms with Gasteiger partial charge < -0.3 is 4.57 Å². The molecule has 29 heavy (non-hydrogen) atoms. The molecule has 0 bridgehead atoms. The molecule has 2 aromatic carbocycles. The quantitative estimate of drug-likeness (QED) is 0.487. The van der Waals surface area contributed by atoms with Gasteiger partial charge >= 0.3 is 0 Å². The van der Waals surface area contributed by atoms with Gasteiger partial charge in [-0.15, -0.1) is 10.2 Å². The third kappa shape index (κ3) is 4.20. The van der Waals surface area contributed by atoms with E-state index in [1.807, 2.05) is 42.5 Å². The van der Waals surface area contributed by atoms with Crippen molar-refractivity contribution in [3.8, 4) is 17.5 Å². The summed E-state index contributed by atoms with van der Waals surface area (Å²) >= 11 is 4.83. The van der Waals surface area contributed by atoms with E-state index < -0.39 is 0 Å². The van der Waals surface area contributed by atoms with Gasteiger partial charge in [-0.05, 0) is 41.8 Å². The minimum atomic E-state index is -0.249. The standard InChI is InChI=1S/C23H19N5S/c24-16-18-6-8-19(9-7-18)21(29)23-27-26-22(20-10-13-25-14-11-20)28(23)15-12-17-4-2-1-3-5-17/h1-11,13-14,21,29H,12,15H2. The predicted octanol–water partition coefficient (Wildman–Crippen LogP) is 4.47. The van der Waals surface area contributed by atoms with Gasteiger partial charge in [0, 0.05) is 24.5 Å². The average molecular weight is 398 g/mol. The summed E-state index contributed by atoms with van der Waals surface area (Å²) in [5, 5.41) is 17.7. The lowest BCUT2D eigenvalue weighted by Gasteiger charge is -2.15. The van der Waals surface area contributed by atoms with E-state index in [2.05, 4.69) is 38.0 Å². The Hall–Kier alpha value is -3.43. The summed E-state index contributed by atoms with van der Waals surface area (Å²) in [6.45, 7) is 0.733. The summed E-state index contributed by atoms with van der Waals surface area (Å²) in [7, 11) is 0. The molecule has 0 amide bonds. The highest BCUT2D eigenvalue weighted by Gasteiger charge is 2.21. The Morgan fingerprint density at radius 3 is 2.34 bits per heavy atom. The first-order valence-electron chi connectivity index (χ1n) is 9.32. The van der Waals surface area contributed by atoms with Crippen LogP contribution in [0.2, 0.25) is 0 Å². The van der Waals surface area contributed by atoms with E-state index in [4.69, 9.17) is 17.9 Å². The fourth-order valence-electron chi connectivity index (χ4n) is 3.23. The number of pyridine rings is 1. The lowest BCUT2D eigenvalue weighted by Crippen LogP contribution is -2.10. The van der Waals surface area contributed by atoms with Crippen molar-refractivity contribution in [2.75, 3.05) is 0 Å². The zero-order valence-electron chi connectivity index (χ0n) is 15.7. The maximum atomic E-state index is 9.04. The molecular weight excluding hydrogens is 378 g/mol. The van der Waals surface area contributed by atoms with Crippen molar-refractivity contribution >= 4 is 12.6 Å². The Morgan fingerprint density at radius 1 is 0.931 bits per heavy atom. The SMILES string of the molecule is N#Cc1ccc(C(S)c2nnc(-c3ccncc3)n2CCc2ccccc2)cc1. The molecule has 0 aliphatic rings. The van der Waals surface area contributed by atoms with Crippen molar-refractivity contribution in [1.29, 1.82) is 5.26 Å². The van der Waals surface area contributed by atoms with Crippen LogP contribution in [0.15, 0.2) is 79.1 Å². The third-order valence-electron chi connectivity index (χ3n) is 4.78. The minimum Gasteiger partial charge on any atom is -0.309 e. The molecule has 0 saturated carbocycles. The second-order valence-electron chi connectivity index (χ2n) is 6.64. The van der Waals surface area contributed by atoms with Crippen molar-refractivity contribution in [1.82, 2.24) is 19.7 Å².